The molecule has 7 heteroatoms. The van der Waals surface area contributed by atoms with Gasteiger partial charge >= 0.3 is 0 Å². The van der Waals surface area contributed by atoms with Crippen molar-refractivity contribution < 1.29 is 9.59 Å². The number of carbonyl (C=O) groups is 2. The number of carbonyl (C=O) groups excluding carboxylic acids is 2. The number of rotatable bonds is 9. The number of hydrogen-bond donors (Lipinski definition) is 0. The maximum atomic E-state index is 12.7. The van der Waals surface area contributed by atoms with Crippen LogP contribution in [0.4, 0.5) is 0 Å². The van der Waals surface area contributed by atoms with Gasteiger partial charge in [-0.3, -0.25) is 24.4 Å². The minimum atomic E-state index is -0.174. The van der Waals surface area contributed by atoms with Crippen LogP contribution in [0.2, 0.25) is 0 Å². The normalized spacial score (nSPS) is 17.4. The van der Waals surface area contributed by atoms with E-state index in [2.05, 4.69) is 34.4 Å². The molecule has 0 saturated carbocycles. The van der Waals surface area contributed by atoms with Crippen molar-refractivity contribution in [2.24, 2.45) is 0 Å². The van der Waals surface area contributed by atoms with Crippen molar-refractivity contribution in [2.75, 3.05) is 13.1 Å². The van der Waals surface area contributed by atoms with E-state index in [-0.39, 0.29) is 17.9 Å². The Balaban J connectivity index is 1.29. The van der Waals surface area contributed by atoms with Gasteiger partial charge < -0.3 is 4.57 Å². The fraction of sp³-hybridized carbons (Fsp3) is 0.429. The first-order chi connectivity index (χ1) is 17.0. The van der Waals surface area contributed by atoms with Crippen molar-refractivity contribution in [2.45, 2.75) is 64.6 Å². The number of imidazole rings is 1. The number of imide groups is 1. The summed E-state index contributed by atoms with van der Waals surface area (Å²) in [5.74, 6) is 0.710. The lowest BCUT2D eigenvalue weighted by Crippen LogP contribution is -2.35. The van der Waals surface area contributed by atoms with Crippen molar-refractivity contribution in [3.8, 4) is 0 Å². The lowest BCUT2D eigenvalue weighted by Gasteiger charge is -2.35. The molecule has 35 heavy (non-hydrogen) atoms. The lowest BCUT2D eigenvalue weighted by atomic mass is 9.90. The third-order valence-corrected chi connectivity index (χ3v) is 7.21. The SMILES string of the molecule is CC(C)n1ccnc1CN(CCCCN1C(=O)c2ccccc2C1=O)C1CCCc2cccnc21. The molecule has 0 fully saturated rings. The van der Waals surface area contributed by atoms with Gasteiger partial charge in [-0.05, 0) is 76.3 Å². The third kappa shape index (κ3) is 4.65. The maximum Gasteiger partial charge on any atom is 0.261 e. The number of benzene rings is 1. The molecule has 1 atom stereocenters. The molecule has 0 radical (unpaired) electrons. The highest BCUT2D eigenvalue weighted by Gasteiger charge is 2.34. The largest absolute Gasteiger partial charge is 0.331 e. The number of nitrogens with zero attached hydrogens (tertiary/aromatic N) is 5. The molecule has 3 aromatic rings. The Bertz CT molecular complexity index is 1180. The fourth-order valence-electron chi connectivity index (χ4n) is 5.43. The number of pyridine rings is 1. The van der Waals surface area contributed by atoms with E-state index in [1.165, 1.54) is 16.2 Å². The van der Waals surface area contributed by atoms with Crippen molar-refractivity contribution in [3.63, 3.8) is 0 Å². The van der Waals surface area contributed by atoms with E-state index >= 15 is 0 Å². The zero-order chi connectivity index (χ0) is 24.4. The molecule has 5 rings (SSSR count). The van der Waals surface area contributed by atoms with Crippen molar-refractivity contribution in [3.05, 3.63) is 83.2 Å². The summed E-state index contributed by atoms with van der Waals surface area (Å²) >= 11 is 0. The summed E-state index contributed by atoms with van der Waals surface area (Å²) in [4.78, 5) is 38.8. The molecule has 1 aliphatic carbocycles. The zero-order valence-electron chi connectivity index (χ0n) is 20.6. The minimum absolute atomic E-state index is 0.174. The highest BCUT2D eigenvalue weighted by atomic mass is 16.2. The van der Waals surface area contributed by atoms with Crippen LogP contribution in [0.3, 0.4) is 0 Å². The van der Waals surface area contributed by atoms with Crippen LogP contribution in [0.5, 0.6) is 0 Å². The van der Waals surface area contributed by atoms with Gasteiger partial charge in [-0.1, -0.05) is 18.2 Å². The summed E-state index contributed by atoms with van der Waals surface area (Å²) < 4.78 is 2.23. The van der Waals surface area contributed by atoms with Crippen molar-refractivity contribution in [1.29, 1.82) is 0 Å². The topological polar surface area (TPSA) is 71.3 Å². The predicted molar refractivity (Wildman–Crippen MR) is 134 cm³/mol. The van der Waals surface area contributed by atoms with E-state index in [1.54, 1.807) is 12.1 Å². The summed E-state index contributed by atoms with van der Waals surface area (Å²) in [6.45, 7) is 6.40. The zero-order valence-corrected chi connectivity index (χ0v) is 20.6. The van der Waals surface area contributed by atoms with Crippen LogP contribution < -0.4 is 0 Å². The number of hydrogen-bond acceptors (Lipinski definition) is 5. The van der Waals surface area contributed by atoms with E-state index in [0.29, 0.717) is 23.7 Å². The molecule has 0 bridgehead atoms. The maximum absolute atomic E-state index is 12.7. The number of aryl methyl sites for hydroxylation is 1. The molecule has 2 aliphatic rings. The van der Waals surface area contributed by atoms with E-state index in [0.717, 1.165) is 51.0 Å². The average molecular weight is 472 g/mol. The third-order valence-electron chi connectivity index (χ3n) is 7.21. The molecular formula is C28H33N5O2. The molecule has 182 valence electrons. The first kappa shape index (κ1) is 23.4. The van der Waals surface area contributed by atoms with Gasteiger partial charge in [0.25, 0.3) is 11.8 Å². The number of amides is 2. The Morgan fingerprint density at radius 3 is 2.51 bits per heavy atom. The summed E-state index contributed by atoms with van der Waals surface area (Å²) in [6.07, 6.45) is 10.8. The highest BCUT2D eigenvalue weighted by Crippen LogP contribution is 2.34. The van der Waals surface area contributed by atoms with Crippen LogP contribution in [-0.4, -0.2) is 49.2 Å². The fourth-order valence-corrected chi connectivity index (χ4v) is 5.43. The van der Waals surface area contributed by atoms with Crippen LogP contribution in [0.25, 0.3) is 0 Å². The Kier molecular flexibility index (Phi) is 6.77. The number of aromatic nitrogens is 3. The number of unbranched alkanes of at least 4 members (excludes halogenated alkanes) is 1. The summed E-state index contributed by atoms with van der Waals surface area (Å²) in [7, 11) is 0. The predicted octanol–water partition coefficient (Wildman–Crippen LogP) is 4.82. The van der Waals surface area contributed by atoms with Crippen LogP contribution in [0, 0.1) is 0 Å². The van der Waals surface area contributed by atoms with Gasteiger partial charge in [0.1, 0.15) is 5.82 Å². The molecule has 2 aromatic heterocycles. The second-order valence-electron chi connectivity index (χ2n) is 9.79. The average Bonchev–Trinajstić information content (AvgIpc) is 3.44. The standard InChI is InChI=1S/C28H33N5O2/c1-20(2)32-18-15-29-25(32)19-31(24-13-7-9-21-10-8-14-30-26(21)24)16-5-6-17-33-27(34)22-11-3-4-12-23(22)28(33)35/h3-4,8,10-12,14-15,18,20,24H,5-7,9,13,16-17,19H2,1-2H3. The molecule has 0 N–H and O–H groups in total. The van der Waals surface area contributed by atoms with Gasteiger partial charge in [0.2, 0.25) is 0 Å². The Morgan fingerprint density at radius 1 is 1.00 bits per heavy atom. The first-order valence-corrected chi connectivity index (χ1v) is 12.7. The molecule has 3 heterocycles. The molecule has 1 unspecified atom stereocenters. The van der Waals surface area contributed by atoms with Crippen LogP contribution in [-0.2, 0) is 13.0 Å². The minimum Gasteiger partial charge on any atom is -0.331 e. The van der Waals surface area contributed by atoms with Crippen LogP contribution >= 0.6 is 0 Å². The Morgan fingerprint density at radius 2 is 1.77 bits per heavy atom. The first-order valence-electron chi connectivity index (χ1n) is 12.7. The lowest BCUT2D eigenvalue weighted by molar-refractivity contribution is 0.0648. The Hall–Kier alpha value is -3.32. The summed E-state index contributed by atoms with van der Waals surface area (Å²) in [6, 6.07) is 11.9. The van der Waals surface area contributed by atoms with Crippen LogP contribution in [0.1, 0.15) is 89.4 Å². The van der Waals surface area contributed by atoms with Crippen molar-refractivity contribution in [1.82, 2.24) is 24.3 Å². The van der Waals surface area contributed by atoms with E-state index in [9.17, 15) is 9.59 Å². The Labute approximate surface area is 206 Å². The highest BCUT2D eigenvalue weighted by molar-refractivity contribution is 6.21. The molecule has 0 spiro atoms. The van der Waals surface area contributed by atoms with Gasteiger partial charge in [-0.2, -0.15) is 0 Å². The molecule has 7 nitrogen and oxygen atoms in total. The van der Waals surface area contributed by atoms with Crippen molar-refractivity contribution >= 4 is 11.8 Å². The quantitative estimate of drug-likeness (QED) is 0.331. The molecule has 1 aliphatic heterocycles. The van der Waals surface area contributed by atoms with Crippen LogP contribution in [0.15, 0.2) is 55.0 Å². The number of fused-ring (bicyclic) bond motifs is 2. The molecule has 2 amide bonds. The molecular weight excluding hydrogens is 438 g/mol. The molecule has 0 saturated heterocycles. The van der Waals surface area contributed by atoms with E-state index in [1.807, 2.05) is 36.8 Å². The smallest absolute Gasteiger partial charge is 0.261 e. The second-order valence-corrected chi connectivity index (χ2v) is 9.79. The van der Waals surface area contributed by atoms with Gasteiger partial charge in [-0.15, -0.1) is 0 Å². The van der Waals surface area contributed by atoms with Gasteiger partial charge in [0, 0.05) is 31.2 Å². The molecule has 1 aromatic carbocycles. The second kappa shape index (κ2) is 10.1. The van der Waals surface area contributed by atoms with E-state index < -0.39 is 0 Å². The summed E-state index contributed by atoms with van der Waals surface area (Å²) in [5, 5.41) is 0. The van der Waals surface area contributed by atoms with Gasteiger partial charge in [0.15, 0.2) is 0 Å². The van der Waals surface area contributed by atoms with E-state index in [4.69, 9.17) is 4.98 Å². The summed E-state index contributed by atoms with van der Waals surface area (Å²) in [5.41, 5.74) is 3.56. The monoisotopic (exact) mass is 471 g/mol. The van der Waals surface area contributed by atoms with Gasteiger partial charge in [0.05, 0.1) is 29.4 Å². The van der Waals surface area contributed by atoms with Gasteiger partial charge in [-0.25, -0.2) is 4.98 Å².